The molecule has 1 N–H and O–H groups in total. The summed E-state index contributed by atoms with van der Waals surface area (Å²) in [6, 6.07) is 3.59. The number of hydrogen-bond donors (Lipinski definition) is 1. The Morgan fingerprint density at radius 3 is 2.62 bits per heavy atom. The molecule has 0 amide bonds. The number of nitrogens with one attached hydrogen (secondary N) is 1. The minimum atomic E-state index is -4.24. The predicted molar refractivity (Wildman–Crippen MR) is 75.7 cm³/mol. The molecule has 0 aliphatic heterocycles. The monoisotopic (exact) mass is 378 g/mol. The average molecular weight is 379 g/mol. The Hall–Kier alpha value is -1.74. The molecule has 0 radical (unpaired) electrons. The highest BCUT2D eigenvalue weighted by Crippen LogP contribution is 2.28. The van der Waals surface area contributed by atoms with E-state index in [1.54, 1.807) is 0 Å². The summed E-state index contributed by atoms with van der Waals surface area (Å²) < 4.78 is 58.3. The Balaban J connectivity index is 2.44. The van der Waals surface area contributed by atoms with Gasteiger partial charge in [-0.25, -0.2) is 22.2 Å². The standard InChI is InChI=1S/C12H9BrF2N2O3S/c1-20-12-10(4-7(13)6-16-12)17-21(18,19)11-3-2-8(14)5-9(11)15/h2-6,17H,1H3. The molecule has 1 heterocycles. The SMILES string of the molecule is COc1ncc(Br)cc1NS(=O)(=O)c1ccc(F)cc1F. The van der Waals surface area contributed by atoms with Crippen molar-refractivity contribution in [3.8, 4) is 5.88 Å². The van der Waals surface area contributed by atoms with E-state index in [0.29, 0.717) is 10.5 Å². The van der Waals surface area contributed by atoms with Crippen LogP contribution in [0, 0.1) is 11.6 Å². The molecule has 0 atom stereocenters. The molecule has 5 nitrogen and oxygen atoms in total. The lowest BCUT2D eigenvalue weighted by Gasteiger charge is -2.11. The third-order valence-electron chi connectivity index (χ3n) is 2.44. The van der Waals surface area contributed by atoms with E-state index in [-0.39, 0.29) is 11.6 Å². The van der Waals surface area contributed by atoms with Crippen LogP contribution in [0.3, 0.4) is 0 Å². The van der Waals surface area contributed by atoms with Crippen molar-refractivity contribution in [2.45, 2.75) is 4.90 Å². The molecule has 0 aliphatic rings. The van der Waals surface area contributed by atoms with E-state index in [9.17, 15) is 17.2 Å². The van der Waals surface area contributed by atoms with E-state index in [2.05, 4.69) is 25.6 Å². The molecule has 2 rings (SSSR count). The van der Waals surface area contributed by atoms with Crippen molar-refractivity contribution in [1.82, 2.24) is 4.98 Å². The molecule has 0 saturated heterocycles. The minimum absolute atomic E-state index is 0.0179. The van der Waals surface area contributed by atoms with Gasteiger partial charge in [0.2, 0.25) is 5.88 Å². The highest BCUT2D eigenvalue weighted by molar-refractivity contribution is 9.10. The molecule has 2 aromatic rings. The molecule has 1 aromatic heterocycles. The Labute approximate surface area is 128 Å². The first-order valence-electron chi connectivity index (χ1n) is 5.51. The van der Waals surface area contributed by atoms with Crippen LogP contribution in [-0.2, 0) is 10.0 Å². The van der Waals surface area contributed by atoms with Gasteiger partial charge in [-0.2, -0.15) is 0 Å². The zero-order valence-corrected chi connectivity index (χ0v) is 13.0. The fourth-order valence-corrected chi connectivity index (χ4v) is 3.00. The van der Waals surface area contributed by atoms with Crippen LogP contribution in [0.25, 0.3) is 0 Å². The second kappa shape index (κ2) is 5.94. The second-order valence-electron chi connectivity index (χ2n) is 3.89. The highest BCUT2D eigenvalue weighted by atomic mass is 79.9. The van der Waals surface area contributed by atoms with Crippen molar-refractivity contribution < 1.29 is 21.9 Å². The number of rotatable bonds is 4. The molecule has 1 aromatic carbocycles. The summed E-state index contributed by atoms with van der Waals surface area (Å²) in [6.45, 7) is 0. The third-order valence-corrected chi connectivity index (χ3v) is 4.27. The van der Waals surface area contributed by atoms with Crippen molar-refractivity contribution in [1.29, 1.82) is 0 Å². The number of anilines is 1. The normalized spacial score (nSPS) is 11.2. The molecule has 9 heteroatoms. The molecule has 0 fully saturated rings. The van der Waals surface area contributed by atoms with Crippen LogP contribution in [0.5, 0.6) is 5.88 Å². The second-order valence-corrected chi connectivity index (χ2v) is 6.46. The Morgan fingerprint density at radius 1 is 1.29 bits per heavy atom. The van der Waals surface area contributed by atoms with Gasteiger partial charge in [0.15, 0.2) is 0 Å². The molecule has 0 bridgehead atoms. The first-order chi connectivity index (χ1) is 9.83. The highest BCUT2D eigenvalue weighted by Gasteiger charge is 2.21. The first-order valence-corrected chi connectivity index (χ1v) is 7.78. The summed E-state index contributed by atoms with van der Waals surface area (Å²) >= 11 is 3.14. The number of pyridine rings is 1. The molecular weight excluding hydrogens is 370 g/mol. The lowest BCUT2D eigenvalue weighted by Crippen LogP contribution is -2.15. The van der Waals surface area contributed by atoms with Gasteiger partial charge in [0.1, 0.15) is 22.2 Å². The molecule has 0 unspecified atom stereocenters. The molecule has 0 saturated carbocycles. The Morgan fingerprint density at radius 2 is 2.00 bits per heavy atom. The molecular formula is C12H9BrF2N2O3S. The van der Waals surface area contributed by atoms with Crippen molar-refractivity contribution in [2.24, 2.45) is 0 Å². The van der Waals surface area contributed by atoms with Gasteiger partial charge in [0.25, 0.3) is 10.0 Å². The van der Waals surface area contributed by atoms with Crippen molar-refractivity contribution >= 4 is 31.6 Å². The summed E-state index contributed by atoms with van der Waals surface area (Å²) in [5.74, 6) is -2.04. The van der Waals surface area contributed by atoms with Crippen molar-refractivity contribution in [2.75, 3.05) is 11.8 Å². The fourth-order valence-electron chi connectivity index (χ4n) is 1.56. The van der Waals surface area contributed by atoms with Gasteiger partial charge >= 0.3 is 0 Å². The van der Waals surface area contributed by atoms with Gasteiger partial charge in [-0.05, 0) is 34.1 Å². The smallest absolute Gasteiger partial charge is 0.264 e. The van der Waals surface area contributed by atoms with Crippen LogP contribution in [0.15, 0.2) is 39.8 Å². The van der Waals surface area contributed by atoms with Gasteiger partial charge in [0.05, 0.1) is 7.11 Å². The summed E-state index contributed by atoms with van der Waals surface area (Å²) in [5.41, 5.74) is 0.0237. The largest absolute Gasteiger partial charge is 0.479 e. The molecule has 0 aliphatic carbocycles. The lowest BCUT2D eigenvalue weighted by molar-refractivity contribution is 0.400. The molecule has 0 spiro atoms. The van der Waals surface area contributed by atoms with Crippen molar-refractivity contribution in [3.05, 3.63) is 46.6 Å². The van der Waals surface area contributed by atoms with Gasteiger partial charge < -0.3 is 4.74 Å². The number of hydrogen-bond acceptors (Lipinski definition) is 4. The van der Waals surface area contributed by atoms with Crippen LogP contribution in [0.4, 0.5) is 14.5 Å². The van der Waals surface area contributed by atoms with Gasteiger partial charge in [0, 0.05) is 16.7 Å². The molecule has 112 valence electrons. The fraction of sp³-hybridized carbons (Fsp3) is 0.0833. The number of benzene rings is 1. The van der Waals surface area contributed by atoms with E-state index in [0.717, 1.165) is 12.1 Å². The Bertz CT molecular complexity index is 784. The number of nitrogens with zero attached hydrogens (tertiary/aromatic N) is 1. The van der Waals surface area contributed by atoms with Crippen LogP contribution in [0.2, 0.25) is 0 Å². The Kier molecular flexibility index (Phi) is 4.43. The summed E-state index contributed by atoms with van der Waals surface area (Å²) in [6.07, 6.45) is 1.41. The summed E-state index contributed by atoms with van der Waals surface area (Å²) in [4.78, 5) is 3.19. The van der Waals surface area contributed by atoms with E-state index < -0.39 is 26.6 Å². The first kappa shape index (κ1) is 15.6. The quantitative estimate of drug-likeness (QED) is 0.887. The number of halogens is 3. The van der Waals surface area contributed by atoms with E-state index >= 15 is 0 Å². The zero-order chi connectivity index (χ0) is 15.6. The maximum Gasteiger partial charge on any atom is 0.264 e. The number of ether oxygens (including phenoxy) is 1. The topological polar surface area (TPSA) is 68.3 Å². The van der Waals surface area contributed by atoms with Gasteiger partial charge in [-0.1, -0.05) is 0 Å². The minimum Gasteiger partial charge on any atom is -0.479 e. The average Bonchev–Trinajstić information content (AvgIpc) is 2.37. The van der Waals surface area contributed by atoms with Crippen LogP contribution in [-0.4, -0.2) is 20.5 Å². The summed E-state index contributed by atoms with van der Waals surface area (Å²) in [7, 11) is -2.93. The maximum absolute atomic E-state index is 13.6. The van der Waals surface area contributed by atoms with Crippen molar-refractivity contribution in [3.63, 3.8) is 0 Å². The van der Waals surface area contributed by atoms with Crippen LogP contribution >= 0.6 is 15.9 Å². The number of methoxy groups -OCH3 is 1. The third kappa shape index (κ3) is 3.48. The lowest BCUT2D eigenvalue weighted by atomic mass is 10.3. The van der Waals surface area contributed by atoms with Gasteiger partial charge in [-0.15, -0.1) is 0 Å². The zero-order valence-electron chi connectivity index (χ0n) is 10.6. The molecule has 21 heavy (non-hydrogen) atoms. The number of aromatic nitrogens is 1. The predicted octanol–water partition coefficient (Wildman–Crippen LogP) is 2.93. The van der Waals surface area contributed by atoms with Crippen LogP contribution < -0.4 is 9.46 Å². The maximum atomic E-state index is 13.6. The summed E-state index contributed by atoms with van der Waals surface area (Å²) in [5, 5.41) is 0. The van der Waals surface area contributed by atoms with E-state index in [1.165, 1.54) is 19.4 Å². The van der Waals surface area contributed by atoms with E-state index in [1.807, 2.05) is 0 Å². The number of sulfonamides is 1. The van der Waals surface area contributed by atoms with E-state index in [4.69, 9.17) is 4.74 Å². The van der Waals surface area contributed by atoms with Crippen LogP contribution in [0.1, 0.15) is 0 Å². The van der Waals surface area contributed by atoms with Gasteiger partial charge in [-0.3, -0.25) is 4.72 Å².